The summed E-state index contributed by atoms with van der Waals surface area (Å²) >= 11 is 10.3. The molecule has 0 amide bonds. The molecule has 0 heterocycles. The van der Waals surface area contributed by atoms with Gasteiger partial charge in [-0.15, -0.1) is 0 Å². The van der Waals surface area contributed by atoms with Crippen molar-refractivity contribution in [3.8, 4) is 0 Å². The van der Waals surface area contributed by atoms with Crippen LogP contribution in [0.4, 0.5) is 0 Å². The Morgan fingerprint density at radius 1 is 1.44 bits per heavy atom. The fourth-order valence-corrected chi connectivity index (χ4v) is 0.228. The Morgan fingerprint density at radius 3 is 1.78 bits per heavy atom. The van der Waals surface area contributed by atoms with Gasteiger partial charge in [-0.3, -0.25) is 0 Å². The molecule has 0 aliphatic carbocycles. The minimum Gasteiger partial charge on any atom is -0.477 e. The van der Waals surface area contributed by atoms with E-state index in [1.54, 1.807) is 0 Å². The second-order valence-electron chi connectivity index (χ2n) is 1.15. The molecule has 0 rings (SSSR count). The summed E-state index contributed by atoms with van der Waals surface area (Å²) in [4.78, 5) is 9.87. The standard InChI is InChI=1S/C4H4Cl2O2.Zn/c1-2(5)3(6)4(7)8;/h1H3,(H,7,8);/b3-2+;. The van der Waals surface area contributed by atoms with Gasteiger partial charge in [-0.1, -0.05) is 23.2 Å². The molecule has 48 valence electrons. The van der Waals surface area contributed by atoms with E-state index in [-0.39, 0.29) is 29.5 Å². The third kappa shape index (κ3) is 4.89. The van der Waals surface area contributed by atoms with Gasteiger partial charge in [0.25, 0.3) is 0 Å². The van der Waals surface area contributed by atoms with Crippen LogP contribution in [0.1, 0.15) is 6.92 Å². The van der Waals surface area contributed by atoms with Crippen LogP contribution < -0.4 is 0 Å². The number of hydrogen-bond acceptors (Lipinski definition) is 1. The number of hydrogen-bond donors (Lipinski definition) is 1. The minimum atomic E-state index is -1.20. The van der Waals surface area contributed by atoms with E-state index in [0.29, 0.717) is 0 Å². The molecule has 0 radical (unpaired) electrons. The van der Waals surface area contributed by atoms with E-state index in [2.05, 4.69) is 0 Å². The smallest absolute Gasteiger partial charge is 0.348 e. The predicted molar refractivity (Wildman–Crippen MR) is 32.0 cm³/mol. The zero-order valence-electron chi connectivity index (χ0n) is 4.82. The van der Waals surface area contributed by atoms with E-state index in [4.69, 9.17) is 28.3 Å². The van der Waals surface area contributed by atoms with Crippen molar-refractivity contribution in [3.63, 3.8) is 0 Å². The molecule has 9 heavy (non-hydrogen) atoms. The van der Waals surface area contributed by atoms with Gasteiger partial charge in [0.2, 0.25) is 0 Å². The number of carboxylic acid groups (broad SMARTS) is 1. The van der Waals surface area contributed by atoms with Gasteiger partial charge in [0.1, 0.15) is 5.03 Å². The monoisotopic (exact) mass is 218 g/mol. The van der Waals surface area contributed by atoms with Gasteiger partial charge < -0.3 is 5.11 Å². The maximum Gasteiger partial charge on any atom is 0.348 e. The molecule has 0 aromatic heterocycles. The van der Waals surface area contributed by atoms with Crippen LogP contribution in [0, 0.1) is 0 Å². The molecule has 0 aliphatic rings. The van der Waals surface area contributed by atoms with Crippen molar-refractivity contribution in [3.05, 3.63) is 10.1 Å². The van der Waals surface area contributed by atoms with E-state index in [9.17, 15) is 4.79 Å². The zero-order chi connectivity index (χ0) is 6.73. The molecule has 0 aromatic rings. The van der Waals surface area contributed by atoms with E-state index < -0.39 is 5.97 Å². The number of carbonyl (C=O) groups is 1. The van der Waals surface area contributed by atoms with Crippen LogP contribution in [-0.4, -0.2) is 11.1 Å². The summed E-state index contributed by atoms with van der Waals surface area (Å²) < 4.78 is 0. The SMILES string of the molecule is C/C(Cl)=C(\Cl)C(=O)O.[Zn]. The van der Waals surface area contributed by atoms with Crippen LogP contribution in [0.2, 0.25) is 0 Å². The summed E-state index contributed by atoms with van der Waals surface area (Å²) in [5, 5.41) is 7.85. The molecule has 0 saturated heterocycles. The number of allylic oxidation sites excluding steroid dienone is 1. The molecule has 0 atom stereocenters. The van der Waals surface area contributed by atoms with E-state index in [1.807, 2.05) is 0 Å². The van der Waals surface area contributed by atoms with Gasteiger partial charge in [-0.05, 0) is 6.92 Å². The third-order valence-corrected chi connectivity index (χ3v) is 1.22. The van der Waals surface area contributed by atoms with Crippen molar-refractivity contribution < 1.29 is 29.4 Å². The van der Waals surface area contributed by atoms with Crippen molar-refractivity contribution in [2.75, 3.05) is 0 Å². The summed E-state index contributed by atoms with van der Waals surface area (Å²) in [5.74, 6) is -1.20. The van der Waals surface area contributed by atoms with Crippen LogP contribution in [0.15, 0.2) is 10.1 Å². The number of rotatable bonds is 1. The van der Waals surface area contributed by atoms with Crippen molar-refractivity contribution in [1.29, 1.82) is 0 Å². The van der Waals surface area contributed by atoms with Crippen molar-refractivity contribution in [2.24, 2.45) is 0 Å². The third-order valence-electron chi connectivity index (χ3n) is 0.490. The molecule has 0 aromatic carbocycles. The first kappa shape index (κ1) is 12.1. The Hall–Kier alpha value is 0.413. The summed E-state index contributed by atoms with van der Waals surface area (Å²) in [7, 11) is 0. The minimum absolute atomic E-state index is 0. The van der Waals surface area contributed by atoms with Gasteiger partial charge in [0.05, 0.1) is 0 Å². The second kappa shape index (κ2) is 5.22. The Morgan fingerprint density at radius 2 is 1.78 bits per heavy atom. The van der Waals surface area contributed by atoms with Crippen LogP contribution in [0.3, 0.4) is 0 Å². The average Bonchev–Trinajstić information content (AvgIpc) is 1.64. The zero-order valence-corrected chi connectivity index (χ0v) is 9.30. The van der Waals surface area contributed by atoms with E-state index in [0.717, 1.165) is 0 Å². The summed E-state index contributed by atoms with van der Waals surface area (Å²) in [6, 6.07) is 0. The molecule has 0 saturated carbocycles. The number of halogens is 2. The van der Waals surface area contributed by atoms with Crippen LogP contribution in [0.5, 0.6) is 0 Å². The molecule has 2 nitrogen and oxygen atoms in total. The largest absolute Gasteiger partial charge is 0.477 e. The summed E-state index contributed by atoms with van der Waals surface area (Å²) in [6.45, 7) is 1.41. The first-order valence-electron chi connectivity index (χ1n) is 1.81. The quantitative estimate of drug-likeness (QED) is 0.540. The van der Waals surface area contributed by atoms with E-state index in [1.165, 1.54) is 6.92 Å². The summed E-state index contributed by atoms with van der Waals surface area (Å²) in [6.07, 6.45) is 0. The van der Waals surface area contributed by atoms with E-state index >= 15 is 0 Å². The molecule has 0 unspecified atom stereocenters. The fourth-order valence-electron chi connectivity index (χ4n) is 0.147. The Kier molecular flexibility index (Phi) is 7.03. The first-order chi connectivity index (χ1) is 3.55. The maximum absolute atomic E-state index is 9.87. The van der Waals surface area contributed by atoms with Crippen molar-refractivity contribution in [1.82, 2.24) is 0 Å². The topological polar surface area (TPSA) is 37.3 Å². The van der Waals surface area contributed by atoms with Gasteiger partial charge >= 0.3 is 5.97 Å². The summed E-state index contributed by atoms with van der Waals surface area (Å²) in [5.41, 5.74) is 0. The Balaban J connectivity index is 0. The molecule has 0 fully saturated rings. The first-order valence-corrected chi connectivity index (χ1v) is 2.56. The maximum atomic E-state index is 9.87. The molecule has 0 aliphatic heterocycles. The van der Waals surface area contributed by atoms with Gasteiger partial charge in [-0.2, -0.15) is 0 Å². The van der Waals surface area contributed by atoms with Gasteiger partial charge in [0.15, 0.2) is 0 Å². The fraction of sp³-hybridized carbons (Fsp3) is 0.250. The van der Waals surface area contributed by atoms with Crippen LogP contribution >= 0.6 is 23.2 Å². The molecule has 5 heteroatoms. The van der Waals surface area contributed by atoms with Crippen molar-refractivity contribution >= 4 is 29.2 Å². The van der Waals surface area contributed by atoms with Crippen LogP contribution in [-0.2, 0) is 24.3 Å². The second-order valence-corrected chi connectivity index (χ2v) is 2.10. The predicted octanol–water partition coefficient (Wildman–Crippen LogP) is 1.78. The Bertz CT molecular complexity index is 140. The molecular formula is C4H4Cl2O2Zn. The molecule has 0 bridgehead atoms. The van der Waals surface area contributed by atoms with Crippen molar-refractivity contribution in [2.45, 2.75) is 6.92 Å². The Labute approximate surface area is 75.6 Å². The number of aliphatic carboxylic acids is 1. The average molecular weight is 220 g/mol. The van der Waals surface area contributed by atoms with Crippen LogP contribution in [0.25, 0.3) is 0 Å². The molecule has 0 spiro atoms. The molecule has 1 N–H and O–H groups in total. The van der Waals surface area contributed by atoms with Gasteiger partial charge in [-0.25, -0.2) is 4.79 Å². The number of carboxylic acids is 1. The van der Waals surface area contributed by atoms with Gasteiger partial charge in [0, 0.05) is 24.5 Å². The molecular weight excluding hydrogens is 216 g/mol. The normalized spacial score (nSPS) is 11.4.